The van der Waals surface area contributed by atoms with E-state index < -0.39 is 5.41 Å². The predicted octanol–water partition coefficient (Wildman–Crippen LogP) is 3.28. The number of hydrogen-bond donors (Lipinski definition) is 2. The van der Waals surface area contributed by atoms with Crippen molar-refractivity contribution in [2.24, 2.45) is 11.1 Å². The third kappa shape index (κ3) is 3.71. The SMILES string of the molecule is CCC(CC)(CN)C(=O)NC(C)c1ccc(Cl)cc1. The molecule has 1 amide bonds. The molecule has 0 spiro atoms. The minimum absolute atomic E-state index is 0.0300. The number of halogens is 1. The van der Waals surface area contributed by atoms with E-state index in [9.17, 15) is 4.79 Å². The first-order valence-electron chi connectivity index (χ1n) is 6.75. The maximum Gasteiger partial charge on any atom is 0.227 e. The van der Waals surface area contributed by atoms with Gasteiger partial charge in [0.25, 0.3) is 0 Å². The van der Waals surface area contributed by atoms with E-state index >= 15 is 0 Å². The van der Waals surface area contributed by atoms with Crippen molar-refractivity contribution in [2.75, 3.05) is 6.54 Å². The van der Waals surface area contributed by atoms with Gasteiger partial charge >= 0.3 is 0 Å². The zero-order valence-electron chi connectivity index (χ0n) is 11.9. The van der Waals surface area contributed by atoms with Crippen LogP contribution in [0, 0.1) is 5.41 Å². The Balaban J connectivity index is 2.78. The van der Waals surface area contributed by atoms with E-state index in [4.69, 9.17) is 17.3 Å². The van der Waals surface area contributed by atoms with E-state index in [2.05, 4.69) is 5.32 Å². The van der Waals surface area contributed by atoms with Crippen molar-refractivity contribution in [1.82, 2.24) is 5.32 Å². The highest BCUT2D eigenvalue weighted by Crippen LogP contribution is 2.26. The Morgan fingerprint density at radius 3 is 2.26 bits per heavy atom. The highest BCUT2D eigenvalue weighted by molar-refractivity contribution is 6.30. The number of carbonyl (C=O) groups is 1. The van der Waals surface area contributed by atoms with Crippen molar-refractivity contribution in [3.63, 3.8) is 0 Å². The summed E-state index contributed by atoms with van der Waals surface area (Å²) in [4.78, 5) is 12.4. The van der Waals surface area contributed by atoms with Gasteiger partial charge in [-0.15, -0.1) is 0 Å². The molecule has 1 aromatic carbocycles. The molecule has 0 heterocycles. The molecule has 0 aliphatic carbocycles. The van der Waals surface area contributed by atoms with Crippen LogP contribution in [0.2, 0.25) is 5.02 Å². The maximum absolute atomic E-state index is 12.4. The van der Waals surface area contributed by atoms with Gasteiger partial charge in [-0.05, 0) is 37.5 Å². The molecule has 3 nitrogen and oxygen atoms in total. The topological polar surface area (TPSA) is 55.1 Å². The van der Waals surface area contributed by atoms with Crippen molar-refractivity contribution in [1.29, 1.82) is 0 Å². The van der Waals surface area contributed by atoms with Crippen molar-refractivity contribution in [3.05, 3.63) is 34.9 Å². The predicted molar refractivity (Wildman–Crippen MR) is 80.1 cm³/mol. The summed E-state index contributed by atoms with van der Waals surface area (Å²) < 4.78 is 0. The van der Waals surface area contributed by atoms with E-state index in [1.807, 2.05) is 45.0 Å². The molecule has 0 saturated carbocycles. The molecule has 0 bridgehead atoms. The maximum atomic E-state index is 12.4. The van der Waals surface area contributed by atoms with Gasteiger partial charge in [0.15, 0.2) is 0 Å². The fraction of sp³-hybridized carbons (Fsp3) is 0.533. The molecule has 0 aliphatic heterocycles. The summed E-state index contributed by atoms with van der Waals surface area (Å²) in [5.41, 5.74) is 6.37. The second kappa shape index (κ2) is 6.92. The van der Waals surface area contributed by atoms with Crippen LogP contribution in [0.1, 0.15) is 45.2 Å². The van der Waals surface area contributed by atoms with Crippen LogP contribution in [0.3, 0.4) is 0 Å². The Bertz CT molecular complexity index is 404. The number of amides is 1. The minimum atomic E-state index is -0.458. The lowest BCUT2D eigenvalue weighted by molar-refractivity contribution is -0.131. The molecule has 0 aliphatic rings. The van der Waals surface area contributed by atoms with Gasteiger partial charge in [-0.2, -0.15) is 0 Å². The second-order valence-electron chi connectivity index (χ2n) is 4.94. The van der Waals surface area contributed by atoms with E-state index in [-0.39, 0.29) is 11.9 Å². The monoisotopic (exact) mass is 282 g/mol. The van der Waals surface area contributed by atoms with Crippen molar-refractivity contribution in [2.45, 2.75) is 39.7 Å². The number of benzene rings is 1. The average molecular weight is 283 g/mol. The summed E-state index contributed by atoms with van der Waals surface area (Å²) >= 11 is 5.86. The van der Waals surface area contributed by atoms with Crippen LogP contribution in [0.15, 0.2) is 24.3 Å². The molecule has 106 valence electrons. The fourth-order valence-corrected chi connectivity index (χ4v) is 2.26. The highest BCUT2D eigenvalue weighted by atomic mass is 35.5. The third-order valence-electron chi connectivity index (χ3n) is 3.94. The van der Waals surface area contributed by atoms with Gasteiger partial charge < -0.3 is 11.1 Å². The van der Waals surface area contributed by atoms with Gasteiger partial charge in [0, 0.05) is 11.6 Å². The van der Waals surface area contributed by atoms with Crippen molar-refractivity contribution < 1.29 is 4.79 Å². The molecule has 3 N–H and O–H groups in total. The highest BCUT2D eigenvalue weighted by Gasteiger charge is 2.33. The number of nitrogens with one attached hydrogen (secondary N) is 1. The lowest BCUT2D eigenvalue weighted by atomic mass is 9.81. The summed E-state index contributed by atoms with van der Waals surface area (Å²) in [6.07, 6.45) is 1.50. The van der Waals surface area contributed by atoms with Crippen LogP contribution in [-0.2, 0) is 4.79 Å². The quantitative estimate of drug-likeness (QED) is 0.841. The summed E-state index contributed by atoms with van der Waals surface area (Å²) in [5.74, 6) is 0.0300. The van der Waals surface area contributed by atoms with E-state index in [1.54, 1.807) is 0 Å². The number of hydrogen-bond acceptors (Lipinski definition) is 2. The molecular formula is C15H23ClN2O. The number of rotatable bonds is 6. The Labute approximate surface area is 120 Å². The lowest BCUT2D eigenvalue weighted by Crippen LogP contribution is -2.46. The van der Waals surface area contributed by atoms with Crippen LogP contribution in [-0.4, -0.2) is 12.5 Å². The standard InChI is InChI=1S/C15H23ClN2O/c1-4-15(5-2,10-17)14(19)18-11(3)12-6-8-13(16)9-7-12/h6-9,11H,4-5,10,17H2,1-3H3,(H,18,19). The van der Waals surface area contributed by atoms with Gasteiger partial charge in [-0.25, -0.2) is 0 Å². The van der Waals surface area contributed by atoms with Gasteiger partial charge in [-0.1, -0.05) is 37.6 Å². The molecule has 0 aromatic heterocycles. The largest absolute Gasteiger partial charge is 0.349 e. The minimum Gasteiger partial charge on any atom is -0.349 e. The normalized spacial score (nSPS) is 13.1. The summed E-state index contributed by atoms with van der Waals surface area (Å²) in [7, 11) is 0. The van der Waals surface area contributed by atoms with Crippen LogP contribution >= 0.6 is 11.6 Å². The molecule has 1 rings (SSSR count). The Morgan fingerprint density at radius 2 is 1.84 bits per heavy atom. The van der Waals surface area contributed by atoms with Crippen LogP contribution in [0.4, 0.5) is 0 Å². The Morgan fingerprint density at radius 1 is 1.32 bits per heavy atom. The zero-order valence-corrected chi connectivity index (χ0v) is 12.6. The smallest absolute Gasteiger partial charge is 0.227 e. The molecule has 0 fully saturated rings. The Kier molecular flexibility index (Phi) is 5.83. The van der Waals surface area contributed by atoms with Gasteiger partial charge in [0.2, 0.25) is 5.91 Å². The molecule has 19 heavy (non-hydrogen) atoms. The van der Waals surface area contributed by atoms with Gasteiger partial charge in [0.05, 0.1) is 11.5 Å². The molecule has 0 radical (unpaired) electrons. The molecule has 1 aromatic rings. The van der Waals surface area contributed by atoms with E-state index in [0.29, 0.717) is 11.6 Å². The van der Waals surface area contributed by atoms with E-state index in [0.717, 1.165) is 18.4 Å². The van der Waals surface area contributed by atoms with Gasteiger partial charge in [-0.3, -0.25) is 4.79 Å². The first-order valence-corrected chi connectivity index (χ1v) is 7.13. The molecule has 1 atom stereocenters. The lowest BCUT2D eigenvalue weighted by Gasteiger charge is -2.30. The van der Waals surface area contributed by atoms with Crippen molar-refractivity contribution >= 4 is 17.5 Å². The van der Waals surface area contributed by atoms with Gasteiger partial charge in [0.1, 0.15) is 0 Å². The molecule has 0 saturated heterocycles. The third-order valence-corrected chi connectivity index (χ3v) is 4.20. The van der Waals surface area contributed by atoms with Crippen LogP contribution in [0.25, 0.3) is 0 Å². The zero-order chi connectivity index (χ0) is 14.5. The molecule has 4 heteroatoms. The summed E-state index contributed by atoms with van der Waals surface area (Å²) in [6.45, 7) is 6.35. The average Bonchev–Trinajstić information content (AvgIpc) is 2.42. The second-order valence-corrected chi connectivity index (χ2v) is 5.37. The van der Waals surface area contributed by atoms with Crippen molar-refractivity contribution in [3.8, 4) is 0 Å². The summed E-state index contributed by atoms with van der Waals surface area (Å²) in [6, 6.07) is 7.46. The molecule has 1 unspecified atom stereocenters. The molecular weight excluding hydrogens is 260 g/mol. The summed E-state index contributed by atoms with van der Waals surface area (Å²) in [5, 5.41) is 3.74. The fourth-order valence-electron chi connectivity index (χ4n) is 2.14. The van der Waals surface area contributed by atoms with Crippen LogP contribution in [0.5, 0.6) is 0 Å². The van der Waals surface area contributed by atoms with Crippen LogP contribution < -0.4 is 11.1 Å². The number of nitrogens with two attached hydrogens (primary N) is 1. The Hall–Kier alpha value is -1.06. The first kappa shape index (κ1) is 16.0. The van der Waals surface area contributed by atoms with E-state index in [1.165, 1.54) is 0 Å². The first-order chi connectivity index (χ1) is 8.99. The number of carbonyl (C=O) groups excluding carboxylic acids is 1.